The van der Waals surface area contributed by atoms with Crippen LogP contribution in [0.4, 0.5) is 0 Å². The van der Waals surface area contributed by atoms with E-state index < -0.39 is 5.97 Å². The van der Waals surface area contributed by atoms with Crippen LogP contribution in [0.1, 0.15) is 16.8 Å². The Hall–Kier alpha value is -2.41. The smallest absolute Gasteiger partial charge is 0.303 e. The molecule has 3 N–H and O–H groups in total. The summed E-state index contributed by atoms with van der Waals surface area (Å²) in [6.45, 7) is 1.32. The van der Waals surface area contributed by atoms with Crippen LogP contribution in [0.25, 0.3) is 0 Å². The molecule has 0 bridgehead atoms. The molecule has 1 aromatic rings. The predicted molar refractivity (Wildman–Crippen MR) is 74.2 cm³/mol. The van der Waals surface area contributed by atoms with E-state index in [4.69, 9.17) is 5.11 Å². The standard InChI is InChI=1S/C14H17N3O4/c18-12(9-17-7-10(8-17)6-13(19)20)15-16-14(21)11-4-2-1-3-5-11/h1-5,10H,6-9H2,(H,15,18)(H,16,21)(H,19,20). The van der Waals surface area contributed by atoms with E-state index in [0.29, 0.717) is 18.7 Å². The number of rotatable bonds is 5. The maximum absolute atomic E-state index is 11.7. The van der Waals surface area contributed by atoms with Gasteiger partial charge in [-0.25, -0.2) is 0 Å². The molecule has 2 rings (SSSR count). The Labute approximate surface area is 121 Å². The van der Waals surface area contributed by atoms with E-state index in [0.717, 1.165) is 0 Å². The molecular weight excluding hydrogens is 274 g/mol. The molecule has 0 radical (unpaired) electrons. The number of carbonyl (C=O) groups excluding carboxylic acids is 2. The Kier molecular flexibility index (Phi) is 4.89. The summed E-state index contributed by atoms with van der Waals surface area (Å²) in [5, 5.41) is 8.63. The molecule has 1 saturated heterocycles. The Morgan fingerprint density at radius 3 is 2.43 bits per heavy atom. The first-order valence-electron chi connectivity index (χ1n) is 6.63. The summed E-state index contributed by atoms with van der Waals surface area (Å²) in [5.74, 6) is -1.42. The van der Waals surface area contributed by atoms with Gasteiger partial charge in [-0.2, -0.15) is 0 Å². The van der Waals surface area contributed by atoms with Crippen LogP contribution in [0.5, 0.6) is 0 Å². The summed E-state index contributed by atoms with van der Waals surface area (Å²) in [6, 6.07) is 8.56. The van der Waals surface area contributed by atoms with Gasteiger partial charge in [0.15, 0.2) is 0 Å². The van der Waals surface area contributed by atoms with E-state index in [1.165, 1.54) is 0 Å². The quantitative estimate of drug-likeness (QED) is 0.656. The first-order valence-corrected chi connectivity index (χ1v) is 6.63. The largest absolute Gasteiger partial charge is 0.481 e. The molecule has 7 nitrogen and oxygen atoms in total. The molecule has 7 heteroatoms. The Bertz CT molecular complexity index is 526. The molecule has 1 aliphatic rings. The molecule has 112 valence electrons. The molecule has 1 heterocycles. The molecule has 1 aliphatic heterocycles. The number of carboxylic acids is 1. The molecule has 0 unspecified atom stereocenters. The van der Waals surface area contributed by atoms with Gasteiger partial charge < -0.3 is 5.11 Å². The maximum atomic E-state index is 11.7. The third-order valence-corrected chi connectivity index (χ3v) is 3.21. The second-order valence-corrected chi connectivity index (χ2v) is 5.03. The maximum Gasteiger partial charge on any atom is 0.303 e. The van der Waals surface area contributed by atoms with Crippen molar-refractivity contribution in [1.82, 2.24) is 15.8 Å². The summed E-state index contributed by atoms with van der Waals surface area (Å²) in [6.07, 6.45) is 0.128. The molecule has 0 aromatic heterocycles. The van der Waals surface area contributed by atoms with Crippen LogP contribution in [0.15, 0.2) is 30.3 Å². The fourth-order valence-electron chi connectivity index (χ4n) is 2.21. The topological polar surface area (TPSA) is 98.7 Å². The van der Waals surface area contributed by atoms with Crippen molar-refractivity contribution in [2.45, 2.75) is 6.42 Å². The van der Waals surface area contributed by atoms with Gasteiger partial charge in [-0.1, -0.05) is 18.2 Å². The van der Waals surface area contributed by atoms with E-state index >= 15 is 0 Å². The molecule has 1 aromatic carbocycles. The van der Waals surface area contributed by atoms with Gasteiger partial charge in [0.2, 0.25) is 0 Å². The minimum absolute atomic E-state index is 0.106. The lowest BCUT2D eigenvalue weighted by Gasteiger charge is -2.37. The SMILES string of the molecule is O=C(O)CC1CN(CC(=O)NNC(=O)c2ccccc2)C1. The molecular formula is C14H17N3O4. The number of benzene rings is 1. The van der Waals surface area contributed by atoms with Crippen molar-refractivity contribution in [3.63, 3.8) is 0 Å². The predicted octanol–water partition coefficient (Wildman–Crippen LogP) is -0.146. The summed E-state index contributed by atoms with van der Waals surface area (Å²) in [5.41, 5.74) is 5.14. The molecule has 21 heavy (non-hydrogen) atoms. The molecule has 1 fully saturated rings. The van der Waals surface area contributed by atoms with Gasteiger partial charge in [-0.15, -0.1) is 0 Å². The van der Waals surface area contributed by atoms with Crippen molar-refractivity contribution in [1.29, 1.82) is 0 Å². The number of likely N-dealkylation sites (tertiary alicyclic amines) is 1. The highest BCUT2D eigenvalue weighted by molar-refractivity contribution is 5.95. The highest BCUT2D eigenvalue weighted by Gasteiger charge is 2.29. The van der Waals surface area contributed by atoms with E-state index in [-0.39, 0.29) is 30.7 Å². The molecule has 0 atom stereocenters. The van der Waals surface area contributed by atoms with Crippen molar-refractivity contribution >= 4 is 17.8 Å². The van der Waals surface area contributed by atoms with Gasteiger partial charge in [-0.3, -0.25) is 30.1 Å². The molecule has 0 spiro atoms. The lowest BCUT2D eigenvalue weighted by Crippen LogP contribution is -2.53. The fourth-order valence-corrected chi connectivity index (χ4v) is 2.21. The highest BCUT2D eigenvalue weighted by Crippen LogP contribution is 2.17. The first-order chi connectivity index (χ1) is 10.0. The first kappa shape index (κ1) is 15.0. The Morgan fingerprint density at radius 1 is 1.14 bits per heavy atom. The van der Waals surface area contributed by atoms with Crippen molar-refractivity contribution in [2.24, 2.45) is 5.92 Å². The van der Waals surface area contributed by atoms with Gasteiger partial charge in [0, 0.05) is 18.7 Å². The van der Waals surface area contributed by atoms with Crippen molar-refractivity contribution in [2.75, 3.05) is 19.6 Å². The number of hydrazine groups is 1. The minimum Gasteiger partial charge on any atom is -0.481 e. The number of carbonyl (C=O) groups is 3. The average Bonchev–Trinajstić information content (AvgIpc) is 2.43. The second kappa shape index (κ2) is 6.85. The van der Waals surface area contributed by atoms with Crippen LogP contribution in [0, 0.1) is 5.92 Å². The van der Waals surface area contributed by atoms with Crippen LogP contribution >= 0.6 is 0 Å². The monoisotopic (exact) mass is 291 g/mol. The zero-order valence-electron chi connectivity index (χ0n) is 11.4. The fraction of sp³-hybridized carbons (Fsp3) is 0.357. The normalized spacial score (nSPS) is 15.0. The number of hydrogen-bond acceptors (Lipinski definition) is 4. The number of aliphatic carboxylic acids is 1. The zero-order valence-corrected chi connectivity index (χ0v) is 11.4. The van der Waals surface area contributed by atoms with Crippen molar-refractivity contribution < 1.29 is 19.5 Å². The van der Waals surface area contributed by atoms with Crippen LogP contribution in [-0.2, 0) is 9.59 Å². The second-order valence-electron chi connectivity index (χ2n) is 5.03. The summed E-state index contributed by atoms with van der Waals surface area (Å²) >= 11 is 0. The van der Waals surface area contributed by atoms with Crippen molar-refractivity contribution in [3.05, 3.63) is 35.9 Å². The number of hydrogen-bond donors (Lipinski definition) is 3. The van der Waals surface area contributed by atoms with Crippen LogP contribution in [-0.4, -0.2) is 47.4 Å². The van der Waals surface area contributed by atoms with E-state index in [2.05, 4.69) is 10.9 Å². The number of nitrogens with zero attached hydrogens (tertiary/aromatic N) is 1. The molecule has 0 saturated carbocycles. The van der Waals surface area contributed by atoms with Gasteiger partial charge in [0.05, 0.1) is 13.0 Å². The number of nitrogens with one attached hydrogen (secondary N) is 2. The third-order valence-electron chi connectivity index (χ3n) is 3.21. The summed E-state index contributed by atoms with van der Waals surface area (Å²) < 4.78 is 0. The lowest BCUT2D eigenvalue weighted by atomic mass is 9.96. The van der Waals surface area contributed by atoms with Gasteiger partial charge in [-0.05, 0) is 18.1 Å². The van der Waals surface area contributed by atoms with E-state index in [1.807, 2.05) is 4.90 Å². The Morgan fingerprint density at radius 2 is 1.81 bits per heavy atom. The highest BCUT2D eigenvalue weighted by atomic mass is 16.4. The minimum atomic E-state index is -0.820. The number of amides is 2. The lowest BCUT2D eigenvalue weighted by molar-refractivity contribution is -0.139. The van der Waals surface area contributed by atoms with Crippen molar-refractivity contribution in [3.8, 4) is 0 Å². The summed E-state index contributed by atoms with van der Waals surface area (Å²) in [4.78, 5) is 35.6. The van der Waals surface area contributed by atoms with Crippen LogP contribution in [0.3, 0.4) is 0 Å². The Balaban J connectivity index is 1.65. The van der Waals surface area contributed by atoms with Gasteiger partial charge in [0.25, 0.3) is 11.8 Å². The molecule has 2 amide bonds. The summed E-state index contributed by atoms with van der Waals surface area (Å²) in [7, 11) is 0. The van der Waals surface area contributed by atoms with E-state index in [9.17, 15) is 14.4 Å². The van der Waals surface area contributed by atoms with Crippen LogP contribution in [0.2, 0.25) is 0 Å². The van der Waals surface area contributed by atoms with Gasteiger partial charge >= 0.3 is 5.97 Å². The zero-order chi connectivity index (χ0) is 15.2. The third kappa shape index (κ3) is 4.57. The average molecular weight is 291 g/mol. The number of carboxylic acid groups (broad SMARTS) is 1. The molecule has 0 aliphatic carbocycles. The van der Waals surface area contributed by atoms with Crippen LogP contribution < -0.4 is 10.9 Å². The van der Waals surface area contributed by atoms with E-state index in [1.54, 1.807) is 30.3 Å². The van der Waals surface area contributed by atoms with Gasteiger partial charge in [0.1, 0.15) is 0 Å².